The summed E-state index contributed by atoms with van der Waals surface area (Å²) in [7, 11) is 1.72. The summed E-state index contributed by atoms with van der Waals surface area (Å²) in [6.07, 6.45) is 0.819. The molecule has 2 aliphatic rings. The molecular formula is C24H30FNO3. The van der Waals surface area contributed by atoms with Crippen LogP contribution in [0.25, 0.3) is 0 Å². The summed E-state index contributed by atoms with van der Waals surface area (Å²) in [6, 6.07) is 13.1. The molecule has 2 fully saturated rings. The van der Waals surface area contributed by atoms with Crippen molar-refractivity contribution in [2.24, 2.45) is 0 Å². The van der Waals surface area contributed by atoms with Crippen molar-refractivity contribution in [1.82, 2.24) is 5.32 Å². The first-order chi connectivity index (χ1) is 14.0. The van der Waals surface area contributed by atoms with E-state index in [2.05, 4.69) is 37.4 Å². The van der Waals surface area contributed by atoms with Crippen LogP contribution < -0.4 is 10.1 Å². The molecule has 2 saturated heterocycles. The van der Waals surface area contributed by atoms with Crippen molar-refractivity contribution in [3.8, 4) is 5.75 Å². The maximum atomic E-state index is 13.5. The molecule has 0 saturated carbocycles. The van der Waals surface area contributed by atoms with Crippen molar-refractivity contribution in [1.29, 1.82) is 0 Å². The zero-order valence-electron chi connectivity index (χ0n) is 17.4. The fourth-order valence-corrected chi connectivity index (χ4v) is 4.65. The molecule has 0 radical (unpaired) electrons. The number of rotatable bonds is 4. The Kier molecular flexibility index (Phi) is 5.91. The van der Waals surface area contributed by atoms with Gasteiger partial charge in [-0.1, -0.05) is 38.1 Å². The minimum absolute atomic E-state index is 0.0427. The first-order valence-corrected chi connectivity index (χ1v) is 10.4. The topological polar surface area (TPSA) is 39.7 Å². The average molecular weight is 400 g/mol. The van der Waals surface area contributed by atoms with Crippen molar-refractivity contribution < 1.29 is 18.6 Å². The summed E-state index contributed by atoms with van der Waals surface area (Å²) < 4.78 is 31.6. The van der Waals surface area contributed by atoms with Crippen LogP contribution in [0.4, 0.5) is 4.39 Å². The Morgan fingerprint density at radius 3 is 2.69 bits per heavy atom. The maximum absolute atomic E-state index is 13.5. The SMILES string of the molecule is COc1ccc(C(C)C)cc1[C@H]1COCC2(C1)OCCN[C@H]2c1ccc(F)cc1. The Hall–Kier alpha value is -1.95. The van der Waals surface area contributed by atoms with Gasteiger partial charge in [0.1, 0.15) is 17.2 Å². The van der Waals surface area contributed by atoms with Crippen LogP contribution in [0, 0.1) is 5.82 Å². The number of morpholine rings is 1. The molecule has 0 amide bonds. The third-order valence-corrected chi connectivity index (χ3v) is 6.19. The summed E-state index contributed by atoms with van der Waals surface area (Å²) in [5.41, 5.74) is 3.00. The summed E-state index contributed by atoms with van der Waals surface area (Å²) in [4.78, 5) is 0. The summed E-state index contributed by atoms with van der Waals surface area (Å²) in [6.45, 7) is 6.95. The Labute approximate surface area is 172 Å². The van der Waals surface area contributed by atoms with Gasteiger partial charge < -0.3 is 19.5 Å². The predicted octanol–water partition coefficient (Wildman–Crippen LogP) is 4.56. The molecule has 29 heavy (non-hydrogen) atoms. The van der Waals surface area contributed by atoms with E-state index in [1.807, 2.05) is 12.1 Å². The molecule has 1 N–H and O–H groups in total. The van der Waals surface area contributed by atoms with Crippen molar-refractivity contribution in [3.63, 3.8) is 0 Å². The number of halogens is 1. The highest BCUT2D eigenvalue weighted by Gasteiger charge is 2.48. The Bertz CT molecular complexity index is 835. The standard InChI is InChI=1S/C24H30FNO3/c1-16(2)18-6-9-22(27-3)21(12-18)19-13-24(15-28-14-19)23(26-10-11-29-24)17-4-7-20(25)8-5-17/h4-9,12,16,19,23,26H,10-11,13-15H2,1-3H3/t19-,23+,24?/m1/s1. The van der Waals surface area contributed by atoms with Gasteiger partial charge in [-0.3, -0.25) is 0 Å². The third-order valence-electron chi connectivity index (χ3n) is 6.19. The molecule has 0 bridgehead atoms. The normalized spacial score (nSPS) is 27.3. The zero-order valence-corrected chi connectivity index (χ0v) is 17.4. The maximum Gasteiger partial charge on any atom is 0.123 e. The van der Waals surface area contributed by atoms with Gasteiger partial charge >= 0.3 is 0 Å². The van der Waals surface area contributed by atoms with Crippen molar-refractivity contribution in [2.45, 2.75) is 43.7 Å². The van der Waals surface area contributed by atoms with Crippen LogP contribution in [-0.4, -0.2) is 39.1 Å². The van der Waals surface area contributed by atoms with E-state index in [4.69, 9.17) is 14.2 Å². The monoisotopic (exact) mass is 399 g/mol. The van der Waals surface area contributed by atoms with Gasteiger partial charge in [0, 0.05) is 12.5 Å². The lowest BCUT2D eigenvalue weighted by Crippen LogP contribution is -2.57. The van der Waals surface area contributed by atoms with Crippen LogP contribution in [0.1, 0.15) is 54.8 Å². The molecule has 2 aliphatic heterocycles. The largest absolute Gasteiger partial charge is 0.496 e. The molecule has 4 rings (SSSR count). The molecular weight excluding hydrogens is 369 g/mol. The van der Waals surface area contributed by atoms with E-state index >= 15 is 0 Å². The van der Waals surface area contributed by atoms with Crippen LogP contribution in [0.2, 0.25) is 0 Å². The summed E-state index contributed by atoms with van der Waals surface area (Å²) >= 11 is 0. The van der Waals surface area contributed by atoms with Gasteiger partial charge in [0.2, 0.25) is 0 Å². The molecule has 4 nitrogen and oxygen atoms in total. The number of methoxy groups -OCH3 is 1. The Morgan fingerprint density at radius 1 is 1.17 bits per heavy atom. The van der Waals surface area contributed by atoms with Gasteiger partial charge in [-0.2, -0.15) is 0 Å². The van der Waals surface area contributed by atoms with Crippen molar-refractivity contribution in [3.05, 3.63) is 65.0 Å². The Balaban J connectivity index is 1.67. The number of benzene rings is 2. The minimum atomic E-state index is -0.488. The van der Waals surface area contributed by atoms with Gasteiger partial charge in [-0.25, -0.2) is 4.39 Å². The number of nitrogens with one attached hydrogen (secondary N) is 1. The average Bonchev–Trinajstić information content (AvgIpc) is 2.74. The van der Waals surface area contributed by atoms with E-state index < -0.39 is 5.60 Å². The molecule has 2 aromatic carbocycles. The van der Waals surface area contributed by atoms with Gasteiger partial charge in [0.15, 0.2) is 0 Å². The molecule has 3 atom stereocenters. The quantitative estimate of drug-likeness (QED) is 0.818. The molecule has 2 heterocycles. The molecule has 5 heteroatoms. The summed E-state index contributed by atoms with van der Waals surface area (Å²) in [5, 5.41) is 3.59. The highest BCUT2D eigenvalue weighted by Crippen LogP contribution is 2.45. The smallest absolute Gasteiger partial charge is 0.123 e. The second kappa shape index (κ2) is 8.42. The Morgan fingerprint density at radius 2 is 1.97 bits per heavy atom. The van der Waals surface area contributed by atoms with E-state index in [-0.39, 0.29) is 17.8 Å². The fraction of sp³-hybridized carbons (Fsp3) is 0.500. The highest BCUT2D eigenvalue weighted by atomic mass is 19.1. The molecule has 0 aliphatic carbocycles. The van der Waals surface area contributed by atoms with Crippen molar-refractivity contribution >= 4 is 0 Å². The van der Waals surface area contributed by atoms with Crippen molar-refractivity contribution in [2.75, 3.05) is 33.5 Å². The molecule has 0 aromatic heterocycles. The second-order valence-corrected chi connectivity index (χ2v) is 8.42. The van der Waals surface area contributed by atoms with Crippen LogP contribution in [-0.2, 0) is 9.47 Å². The van der Waals surface area contributed by atoms with Crippen LogP contribution in [0.15, 0.2) is 42.5 Å². The van der Waals surface area contributed by atoms with E-state index in [1.54, 1.807) is 7.11 Å². The number of hydrogen-bond acceptors (Lipinski definition) is 4. The second-order valence-electron chi connectivity index (χ2n) is 8.42. The molecule has 1 spiro atoms. The number of ether oxygens (including phenoxy) is 3. The van der Waals surface area contributed by atoms with Gasteiger partial charge in [0.05, 0.1) is 33.0 Å². The summed E-state index contributed by atoms with van der Waals surface area (Å²) in [5.74, 6) is 1.27. The lowest BCUT2D eigenvalue weighted by atomic mass is 9.76. The van der Waals surface area contributed by atoms with E-state index in [9.17, 15) is 4.39 Å². The van der Waals surface area contributed by atoms with Crippen LogP contribution >= 0.6 is 0 Å². The predicted molar refractivity (Wildman–Crippen MR) is 111 cm³/mol. The van der Waals surface area contributed by atoms with E-state index in [0.29, 0.717) is 25.7 Å². The first-order valence-electron chi connectivity index (χ1n) is 10.4. The van der Waals surface area contributed by atoms with Crippen LogP contribution in [0.5, 0.6) is 5.75 Å². The van der Waals surface area contributed by atoms with Gasteiger partial charge in [0.25, 0.3) is 0 Å². The lowest BCUT2D eigenvalue weighted by Gasteiger charge is -2.49. The zero-order chi connectivity index (χ0) is 20.4. The minimum Gasteiger partial charge on any atom is -0.496 e. The lowest BCUT2D eigenvalue weighted by molar-refractivity contribution is -0.171. The first kappa shape index (κ1) is 20.3. The molecule has 156 valence electrons. The van der Waals surface area contributed by atoms with E-state index in [0.717, 1.165) is 24.3 Å². The van der Waals surface area contributed by atoms with Gasteiger partial charge in [-0.15, -0.1) is 0 Å². The highest BCUT2D eigenvalue weighted by molar-refractivity contribution is 5.41. The van der Waals surface area contributed by atoms with Gasteiger partial charge in [-0.05, 0) is 47.2 Å². The number of hydrogen-bond donors (Lipinski definition) is 1. The molecule has 2 aromatic rings. The molecule has 1 unspecified atom stereocenters. The third kappa shape index (κ3) is 4.04. The van der Waals surface area contributed by atoms with Crippen LogP contribution in [0.3, 0.4) is 0 Å². The van der Waals surface area contributed by atoms with E-state index in [1.165, 1.54) is 23.3 Å². The fourth-order valence-electron chi connectivity index (χ4n) is 4.65.